The summed E-state index contributed by atoms with van der Waals surface area (Å²) in [7, 11) is 4.59. The second-order valence-corrected chi connectivity index (χ2v) is 6.02. The van der Waals surface area contributed by atoms with Crippen LogP contribution in [0, 0.1) is 0 Å². The molecule has 0 aliphatic heterocycles. The highest BCUT2D eigenvalue weighted by atomic mass is 16.5. The van der Waals surface area contributed by atoms with Crippen LogP contribution in [-0.4, -0.2) is 45.7 Å². The van der Waals surface area contributed by atoms with Gasteiger partial charge in [0, 0.05) is 24.7 Å². The molecule has 0 fully saturated rings. The Morgan fingerprint density at radius 3 is 2.45 bits per heavy atom. The van der Waals surface area contributed by atoms with Gasteiger partial charge < -0.3 is 24.8 Å². The number of nitrogens with one attached hydrogen (secondary N) is 2. The van der Waals surface area contributed by atoms with Gasteiger partial charge in [0.1, 0.15) is 0 Å². The van der Waals surface area contributed by atoms with Crippen molar-refractivity contribution in [1.29, 1.82) is 0 Å². The lowest BCUT2D eigenvalue weighted by Crippen LogP contribution is -2.22. The van der Waals surface area contributed by atoms with Crippen LogP contribution in [0.4, 0.5) is 5.69 Å². The van der Waals surface area contributed by atoms with Crippen molar-refractivity contribution in [3.05, 3.63) is 53.6 Å². The van der Waals surface area contributed by atoms with Gasteiger partial charge in [0.15, 0.2) is 18.1 Å². The molecule has 0 atom stereocenters. The smallest absolute Gasteiger partial charge is 0.306 e. The molecule has 2 amide bonds. The predicted octanol–water partition coefficient (Wildman–Crippen LogP) is 2.18. The van der Waals surface area contributed by atoms with Gasteiger partial charge in [-0.3, -0.25) is 14.4 Å². The number of hydrogen-bond donors (Lipinski definition) is 2. The highest BCUT2D eigenvalue weighted by Gasteiger charge is 2.13. The lowest BCUT2D eigenvalue weighted by Gasteiger charge is -2.12. The van der Waals surface area contributed by atoms with E-state index in [0.717, 1.165) is 5.56 Å². The van der Waals surface area contributed by atoms with E-state index >= 15 is 0 Å². The summed E-state index contributed by atoms with van der Waals surface area (Å²) in [5.41, 5.74) is 1.65. The van der Waals surface area contributed by atoms with E-state index in [1.165, 1.54) is 20.2 Å². The quantitative estimate of drug-likeness (QED) is 0.626. The lowest BCUT2D eigenvalue weighted by molar-refractivity contribution is -0.147. The SMILES string of the molecule is CNC(=O)c1cccc(NC(=O)COC(=O)CCc2cccc(OC)c2OC)c1. The van der Waals surface area contributed by atoms with Crippen LogP contribution >= 0.6 is 0 Å². The Balaban J connectivity index is 1.84. The lowest BCUT2D eigenvalue weighted by atomic mass is 10.1. The maximum Gasteiger partial charge on any atom is 0.306 e. The Hall–Kier alpha value is -3.55. The van der Waals surface area contributed by atoms with Crippen molar-refractivity contribution in [2.75, 3.05) is 33.2 Å². The first-order chi connectivity index (χ1) is 14.0. The van der Waals surface area contributed by atoms with Crippen molar-refractivity contribution < 1.29 is 28.6 Å². The molecule has 8 heteroatoms. The molecule has 0 radical (unpaired) electrons. The minimum atomic E-state index is -0.510. The van der Waals surface area contributed by atoms with E-state index in [9.17, 15) is 14.4 Å². The summed E-state index contributed by atoms with van der Waals surface area (Å²) in [5.74, 6) is -0.121. The second-order valence-electron chi connectivity index (χ2n) is 6.02. The average molecular weight is 400 g/mol. The van der Waals surface area contributed by atoms with Gasteiger partial charge in [0.05, 0.1) is 14.2 Å². The number of methoxy groups -OCH3 is 2. The first-order valence-electron chi connectivity index (χ1n) is 8.96. The number of amides is 2. The van der Waals surface area contributed by atoms with Crippen molar-refractivity contribution in [2.45, 2.75) is 12.8 Å². The summed E-state index contributed by atoms with van der Waals surface area (Å²) in [5, 5.41) is 5.10. The Morgan fingerprint density at radius 2 is 1.76 bits per heavy atom. The van der Waals surface area contributed by atoms with Crippen LogP contribution in [-0.2, 0) is 20.7 Å². The maximum atomic E-state index is 12.0. The maximum absolute atomic E-state index is 12.0. The number of anilines is 1. The molecular weight excluding hydrogens is 376 g/mol. The second kappa shape index (κ2) is 10.7. The van der Waals surface area contributed by atoms with E-state index < -0.39 is 18.5 Å². The monoisotopic (exact) mass is 400 g/mol. The van der Waals surface area contributed by atoms with E-state index in [-0.39, 0.29) is 12.3 Å². The predicted molar refractivity (Wildman–Crippen MR) is 107 cm³/mol. The van der Waals surface area contributed by atoms with Crippen LogP contribution in [0.2, 0.25) is 0 Å². The fourth-order valence-corrected chi connectivity index (χ4v) is 2.69. The Labute approximate surface area is 169 Å². The molecule has 29 heavy (non-hydrogen) atoms. The van der Waals surface area contributed by atoms with Crippen LogP contribution in [0.5, 0.6) is 11.5 Å². The van der Waals surface area contributed by atoms with E-state index in [1.54, 1.807) is 31.4 Å². The number of benzene rings is 2. The van der Waals surface area contributed by atoms with Gasteiger partial charge in [0.2, 0.25) is 0 Å². The molecule has 0 aromatic heterocycles. The third-order valence-electron chi connectivity index (χ3n) is 4.08. The number of aryl methyl sites for hydroxylation is 1. The normalized spacial score (nSPS) is 10.0. The van der Waals surface area contributed by atoms with Crippen LogP contribution in [0.3, 0.4) is 0 Å². The average Bonchev–Trinajstić information content (AvgIpc) is 2.75. The first kappa shape index (κ1) is 21.7. The standard InChI is InChI=1S/C21H24N2O6/c1-22-21(26)15-7-4-8-16(12-15)23-18(24)13-29-19(25)11-10-14-6-5-9-17(27-2)20(14)28-3/h4-9,12H,10-11,13H2,1-3H3,(H,22,26)(H,23,24). The van der Waals surface area contributed by atoms with Gasteiger partial charge in [-0.1, -0.05) is 18.2 Å². The van der Waals surface area contributed by atoms with Crippen molar-refractivity contribution in [3.63, 3.8) is 0 Å². The minimum absolute atomic E-state index is 0.0863. The van der Waals surface area contributed by atoms with Crippen molar-refractivity contribution in [1.82, 2.24) is 5.32 Å². The number of hydrogen-bond acceptors (Lipinski definition) is 6. The molecule has 8 nitrogen and oxygen atoms in total. The molecule has 0 bridgehead atoms. The number of esters is 1. The van der Waals surface area contributed by atoms with Gasteiger partial charge in [-0.2, -0.15) is 0 Å². The zero-order valence-corrected chi connectivity index (χ0v) is 16.6. The molecular formula is C21H24N2O6. The highest BCUT2D eigenvalue weighted by Crippen LogP contribution is 2.31. The summed E-state index contributed by atoms with van der Waals surface area (Å²) in [6, 6.07) is 11.9. The number of para-hydroxylation sites is 1. The van der Waals surface area contributed by atoms with E-state index in [2.05, 4.69) is 10.6 Å². The molecule has 2 aromatic rings. The molecule has 0 saturated carbocycles. The van der Waals surface area contributed by atoms with E-state index in [0.29, 0.717) is 29.2 Å². The molecule has 0 spiro atoms. The third kappa shape index (κ3) is 6.24. The molecule has 2 rings (SSSR count). The molecule has 0 unspecified atom stereocenters. The van der Waals surface area contributed by atoms with Crippen LogP contribution < -0.4 is 20.1 Å². The topological polar surface area (TPSA) is 103 Å². The van der Waals surface area contributed by atoms with Crippen LogP contribution in [0.25, 0.3) is 0 Å². The van der Waals surface area contributed by atoms with E-state index in [4.69, 9.17) is 14.2 Å². The zero-order valence-electron chi connectivity index (χ0n) is 16.6. The Morgan fingerprint density at radius 1 is 1.00 bits per heavy atom. The summed E-state index contributed by atoms with van der Waals surface area (Å²) in [4.78, 5) is 35.6. The molecule has 0 aliphatic carbocycles. The van der Waals surface area contributed by atoms with E-state index in [1.807, 2.05) is 12.1 Å². The van der Waals surface area contributed by atoms with Gasteiger partial charge in [-0.15, -0.1) is 0 Å². The summed E-state index contributed by atoms with van der Waals surface area (Å²) in [6.07, 6.45) is 0.470. The summed E-state index contributed by atoms with van der Waals surface area (Å²) in [6.45, 7) is -0.418. The largest absolute Gasteiger partial charge is 0.493 e. The van der Waals surface area contributed by atoms with Crippen molar-refractivity contribution in [3.8, 4) is 11.5 Å². The fourth-order valence-electron chi connectivity index (χ4n) is 2.69. The Kier molecular flexibility index (Phi) is 8.02. The van der Waals surface area contributed by atoms with Crippen molar-refractivity contribution >= 4 is 23.5 Å². The fraction of sp³-hybridized carbons (Fsp3) is 0.286. The van der Waals surface area contributed by atoms with Crippen LogP contribution in [0.1, 0.15) is 22.3 Å². The summed E-state index contributed by atoms with van der Waals surface area (Å²) >= 11 is 0. The minimum Gasteiger partial charge on any atom is -0.493 e. The highest BCUT2D eigenvalue weighted by molar-refractivity contribution is 5.97. The summed E-state index contributed by atoms with van der Waals surface area (Å²) < 4.78 is 15.6. The van der Waals surface area contributed by atoms with Gasteiger partial charge in [-0.25, -0.2) is 0 Å². The zero-order chi connectivity index (χ0) is 21.2. The molecule has 0 aliphatic rings. The Bertz CT molecular complexity index is 881. The van der Waals surface area contributed by atoms with Gasteiger partial charge in [0.25, 0.3) is 11.8 Å². The van der Waals surface area contributed by atoms with Crippen molar-refractivity contribution in [2.24, 2.45) is 0 Å². The third-order valence-corrected chi connectivity index (χ3v) is 4.08. The first-order valence-corrected chi connectivity index (χ1v) is 8.96. The van der Waals surface area contributed by atoms with Crippen LogP contribution in [0.15, 0.2) is 42.5 Å². The number of carbonyl (C=O) groups excluding carboxylic acids is 3. The molecule has 0 heterocycles. The molecule has 2 aromatic carbocycles. The molecule has 154 valence electrons. The molecule has 0 saturated heterocycles. The van der Waals surface area contributed by atoms with Gasteiger partial charge >= 0.3 is 5.97 Å². The molecule has 2 N–H and O–H groups in total. The number of ether oxygens (including phenoxy) is 3. The number of rotatable bonds is 9. The van der Waals surface area contributed by atoms with Gasteiger partial charge in [-0.05, 0) is 36.2 Å². The number of carbonyl (C=O) groups is 3.